The first kappa shape index (κ1) is 41.8. The van der Waals surface area contributed by atoms with Gasteiger partial charge in [0.2, 0.25) is 0 Å². The Labute approximate surface area is 296 Å². The fourth-order valence-electron chi connectivity index (χ4n) is 5.37. The zero-order valence-corrected chi connectivity index (χ0v) is 32.5. The van der Waals surface area contributed by atoms with Crippen LogP contribution in [0.3, 0.4) is 0 Å². The molecule has 0 amide bonds. The van der Waals surface area contributed by atoms with Gasteiger partial charge in [0, 0.05) is 0 Å². The number of hydrogen-bond acceptors (Lipinski definition) is 0. The Morgan fingerprint density at radius 3 is 1.14 bits per heavy atom. The number of benzene rings is 4. The van der Waals surface area contributed by atoms with Gasteiger partial charge in [-0.15, -0.1) is 81.8 Å². The van der Waals surface area contributed by atoms with Crippen molar-refractivity contribution in [2.75, 3.05) is 0 Å². The molecular formula is C40H46Cl2SiZr-4. The van der Waals surface area contributed by atoms with Gasteiger partial charge in [-0.3, -0.25) is 0 Å². The Morgan fingerprint density at radius 1 is 0.523 bits per heavy atom. The van der Waals surface area contributed by atoms with Crippen LogP contribution >= 0.6 is 24.8 Å². The van der Waals surface area contributed by atoms with E-state index in [9.17, 15) is 0 Å². The Morgan fingerprint density at radius 2 is 0.841 bits per heavy atom. The van der Waals surface area contributed by atoms with Crippen molar-refractivity contribution in [2.45, 2.75) is 53.4 Å². The summed E-state index contributed by atoms with van der Waals surface area (Å²) in [7, 11) is 0. The molecule has 0 fully saturated rings. The Bertz CT molecular complexity index is 1570. The van der Waals surface area contributed by atoms with Gasteiger partial charge in [0.05, 0.1) is 0 Å². The normalized spacial score (nSPS) is 9.89. The number of fused-ring (bicyclic) bond motifs is 2. The minimum absolute atomic E-state index is 0. The summed E-state index contributed by atoms with van der Waals surface area (Å²) in [4.78, 5) is 0. The van der Waals surface area contributed by atoms with Gasteiger partial charge in [0.25, 0.3) is 0 Å². The van der Waals surface area contributed by atoms with Crippen LogP contribution in [0.1, 0.15) is 61.8 Å². The zero-order valence-electron chi connectivity index (χ0n) is 27.4. The van der Waals surface area contributed by atoms with E-state index in [4.69, 9.17) is 0 Å². The molecule has 6 aromatic rings. The summed E-state index contributed by atoms with van der Waals surface area (Å²) in [5, 5.41) is 5.46. The quantitative estimate of drug-likeness (QED) is 0.126. The minimum atomic E-state index is 0. The summed E-state index contributed by atoms with van der Waals surface area (Å²) in [6, 6.07) is 39.9. The van der Waals surface area contributed by atoms with E-state index in [1.807, 2.05) is 0 Å². The molecule has 0 saturated heterocycles. The van der Waals surface area contributed by atoms with Gasteiger partial charge in [-0.25, -0.2) is 0 Å². The molecular weight excluding hydrogens is 671 g/mol. The van der Waals surface area contributed by atoms with Crippen molar-refractivity contribution in [1.82, 2.24) is 0 Å². The number of rotatable bonds is 4. The van der Waals surface area contributed by atoms with Crippen LogP contribution in [0.2, 0.25) is 0 Å². The summed E-state index contributed by atoms with van der Waals surface area (Å²) in [5.41, 5.74) is 10.8. The predicted octanol–water partition coefficient (Wildman–Crippen LogP) is 12.7. The third-order valence-corrected chi connectivity index (χ3v) is 7.48. The standard InChI is InChI=1S/2C19H19.2CH3.2ClH.Si.Zr/c2*1-13(2)16-11-17-9-14(3)10-18(17)19(12-16)15-7-5-4-6-8-15;;;;;;/h2*4-13H,1-3H3;2*1H3;2*1H;;/q4*-1;;;;. The summed E-state index contributed by atoms with van der Waals surface area (Å²) in [6.07, 6.45) is 0. The molecule has 6 aromatic carbocycles. The molecule has 0 spiro atoms. The molecule has 6 rings (SSSR count). The van der Waals surface area contributed by atoms with Crippen LogP contribution in [0.15, 0.2) is 109 Å². The Hall–Kier alpha value is -2.22. The van der Waals surface area contributed by atoms with Crippen LogP contribution in [0.25, 0.3) is 43.8 Å². The average molecular weight is 717 g/mol. The molecule has 0 unspecified atom stereocenters. The third-order valence-electron chi connectivity index (χ3n) is 7.48. The fraction of sp³-hybridized carbons (Fsp3) is 0.200. The van der Waals surface area contributed by atoms with Gasteiger partial charge in [-0.05, 0) is 23.0 Å². The summed E-state index contributed by atoms with van der Waals surface area (Å²) >= 11 is 1.36. The van der Waals surface area contributed by atoms with Crippen LogP contribution in [0.4, 0.5) is 0 Å². The van der Waals surface area contributed by atoms with Gasteiger partial charge in [0.1, 0.15) is 0 Å². The van der Waals surface area contributed by atoms with Crippen LogP contribution in [-0.4, -0.2) is 6.88 Å². The average Bonchev–Trinajstić information content (AvgIpc) is 3.54. The maximum absolute atomic E-state index is 3.06. The fourth-order valence-corrected chi connectivity index (χ4v) is 5.37. The predicted molar refractivity (Wildman–Crippen MR) is 201 cm³/mol. The monoisotopic (exact) mass is 714 g/mol. The molecule has 0 aliphatic rings. The molecule has 44 heavy (non-hydrogen) atoms. The molecule has 0 atom stereocenters. The van der Waals surface area contributed by atoms with Gasteiger partial charge in [0.15, 0.2) is 0 Å². The topological polar surface area (TPSA) is 0 Å². The van der Waals surface area contributed by atoms with Gasteiger partial charge in [-0.2, -0.15) is 12.1 Å². The molecule has 0 N–H and O–H groups in total. The summed E-state index contributed by atoms with van der Waals surface area (Å²) in [6.45, 7) is 16.4. The van der Waals surface area contributed by atoms with Crippen molar-refractivity contribution in [1.29, 1.82) is 0 Å². The van der Waals surface area contributed by atoms with E-state index < -0.39 is 0 Å². The Kier molecular flexibility index (Phi) is 18.4. The van der Waals surface area contributed by atoms with Crippen LogP contribution in [0.5, 0.6) is 0 Å². The molecule has 0 saturated carbocycles. The third kappa shape index (κ3) is 9.89. The van der Waals surface area contributed by atoms with Crippen molar-refractivity contribution in [3.63, 3.8) is 0 Å². The number of halogens is 2. The van der Waals surface area contributed by atoms with Crippen LogP contribution in [-0.2, 0) is 23.3 Å². The maximum atomic E-state index is 3.06. The number of aryl methyl sites for hydroxylation is 2. The van der Waals surface area contributed by atoms with E-state index in [-0.39, 0.29) is 39.7 Å². The molecule has 0 aliphatic carbocycles. The van der Waals surface area contributed by atoms with Gasteiger partial charge >= 0.3 is 30.2 Å². The van der Waals surface area contributed by atoms with E-state index >= 15 is 0 Å². The van der Waals surface area contributed by atoms with E-state index in [1.54, 1.807) is 0 Å². The molecule has 0 heterocycles. The van der Waals surface area contributed by atoms with Crippen LogP contribution in [0, 0.1) is 28.7 Å². The molecule has 0 bridgehead atoms. The van der Waals surface area contributed by atoms with E-state index in [1.165, 1.54) is 89.4 Å². The molecule has 4 heteroatoms. The van der Waals surface area contributed by atoms with Crippen molar-refractivity contribution >= 4 is 53.2 Å². The van der Waals surface area contributed by atoms with Crippen LogP contribution < -0.4 is 0 Å². The van der Waals surface area contributed by atoms with E-state index in [2.05, 4.69) is 158 Å². The molecule has 232 valence electrons. The van der Waals surface area contributed by atoms with E-state index in [0.717, 1.165) is 0 Å². The Balaban J connectivity index is 0.000000733. The molecule has 2 radical (unpaired) electrons. The molecule has 0 aromatic heterocycles. The van der Waals surface area contributed by atoms with Crippen molar-refractivity contribution in [3.05, 3.63) is 146 Å². The zero-order chi connectivity index (χ0) is 28.8. The first-order chi connectivity index (χ1) is 19.3. The summed E-state index contributed by atoms with van der Waals surface area (Å²) < 4.78 is 0. The first-order valence-corrected chi connectivity index (χ1v) is 18.3. The molecule has 0 aliphatic heterocycles. The second-order valence-electron chi connectivity index (χ2n) is 11.2. The first-order valence-electron chi connectivity index (χ1n) is 14.1. The SMILES string of the molecule is Cc1cc2c(-c3ccccc3)cc(C(C)C)cc2[cH-]1.Cc1cc2c(-c3ccccc3)cc(C(C)C)cc2[cH-]1.Cl.Cl.[CH3-].[CH3-].[Si]=[Zr]. The van der Waals surface area contributed by atoms with Gasteiger partial charge in [-0.1, -0.05) is 137 Å². The van der Waals surface area contributed by atoms with E-state index in [0.29, 0.717) is 11.8 Å². The van der Waals surface area contributed by atoms with Gasteiger partial charge < -0.3 is 14.9 Å². The molecule has 0 nitrogen and oxygen atoms in total. The van der Waals surface area contributed by atoms with Crippen molar-refractivity contribution < 1.29 is 23.3 Å². The van der Waals surface area contributed by atoms with Crippen molar-refractivity contribution in [2.24, 2.45) is 0 Å². The second kappa shape index (κ2) is 19.3. The van der Waals surface area contributed by atoms with Crippen molar-refractivity contribution in [3.8, 4) is 22.3 Å². The summed E-state index contributed by atoms with van der Waals surface area (Å²) in [5.74, 6) is 1.11. The number of hydrogen-bond donors (Lipinski definition) is 0. The second-order valence-corrected chi connectivity index (χ2v) is 11.2.